The standard InChI is InChI=1S/C12H18ClNO2/c1-9-6-11(4-5-12(9)13)16-8-10(14-2)7-15-3/h4-6,10,14H,7-8H2,1-3H3. The van der Waals surface area contributed by atoms with Crippen molar-refractivity contribution in [2.75, 3.05) is 27.4 Å². The van der Waals surface area contributed by atoms with E-state index in [9.17, 15) is 0 Å². The van der Waals surface area contributed by atoms with Gasteiger partial charge in [-0.2, -0.15) is 0 Å². The quantitative estimate of drug-likeness (QED) is 0.832. The van der Waals surface area contributed by atoms with E-state index >= 15 is 0 Å². The zero-order valence-corrected chi connectivity index (χ0v) is 10.7. The molecule has 0 aliphatic heterocycles. The van der Waals surface area contributed by atoms with E-state index in [1.165, 1.54) is 0 Å². The summed E-state index contributed by atoms with van der Waals surface area (Å²) in [5.41, 5.74) is 1.02. The highest BCUT2D eigenvalue weighted by Crippen LogP contribution is 2.20. The number of aryl methyl sites for hydroxylation is 1. The molecule has 0 aromatic heterocycles. The highest BCUT2D eigenvalue weighted by Gasteiger charge is 2.06. The van der Waals surface area contributed by atoms with Crippen molar-refractivity contribution in [2.24, 2.45) is 0 Å². The third-order valence-electron chi connectivity index (χ3n) is 2.36. The summed E-state index contributed by atoms with van der Waals surface area (Å²) in [6.07, 6.45) is 0. The molecule has 0 amide bonds. The molecular weight excluding hydrogens is 226 g/mol. The molecule has 1 aromatic carbocycles. The second-order valence-corrected chi connectivity index (χ2v) is 4.07. The van der Waals surface area contributed by atoms with E-state index in [1.807, 2.05) is 32.2 Å². The SMILES string of the molecule is CNC(COC)COc1ccc(Cl)c(C)c1. The Labute approximate surface area is 102 Å². The summed E-state index contributed by atoms with van der Waals surface area (Å²) in [7, 11) is 3.57. The molecule has 0 fully saturated rings. The molecule has 0 saturated heterocycles. The number of hydrogen-bond donors (Lipinski definition) is 1. The second-order valence-electron chi connectivity index (χ2n) is 3.66. The first-order valence-electron chi connectivity index (χ1n) is 5.22. The topological polar surface area (TPSA) is 30.5 Å². The molecule has 1 aromatic rings. The van der Waals surface area contributed by atoms with Gasteiger partial charge in [0.05, 0.1) is 12.6 Å². The van der Waals surface area contributed by atoms with E-state index in [2.05, 4.69) is 5.32 Å². The van der Waals surface area contributed by atoms with Crippen LogP contribution in [0.3, 0.4) is 0 Å². The van der Waals surface area contributed by atoms with Gasteiger partial charge in [-0.05, 0) is 37.7 Å². The number of benzene rings is 1. The number of halogens is 1. The normalized spacial score (nSPS) is 12.5. The number of likely N-dealkylation sites (N-methyl/N-ethyl adjacent to an activating group) is 1. The largest absolute Gasteiger partial charge is 0.492 e. The zero-order chi connectivity index (χ0) is 12.0. The highest BCUT2D eigenvalue weighted by molar-refractivity contribution is 6.31. The van der Waals surface area contributed by atoms with E-state index in [0.717, 1.165) is 16.3 Å². The van der Waals surface area contributed by atoms with E-state index in [-0.39, 0.29) is 6.04 Å². The van der Waals surface area contributed by atoms with Crippen molar-refractivity contribution < 1.29 is 9.47 Å². The van der Waals surface area contributed by atoms with Gasteiger partial charge < -0.3 is 14.8 Å². The summed E-state index contributed by atoms with van der Waals surface area (Å²) in [6, 6.07) is 5.84. The average molecular weight is 244 g/mol. The Balaban J connectivity index is 2.50. The summed E-state index contributed by atoms with van der Waals surface area (Å²) in [5, 5.41) is 3.88. The van der Waals surface area contributed by atoms with Gasteiger partial charge in [-0.3, -0.25) is 0 Å². The molecule has 1 rings (SSSR count). The Morgan fingerprint density at radius 2 is 2.12 bits per heavy atom. The lowest BCUT2D eigenvalue weighted by Gasteiger charge is -2.16. The van der Waals surface area contributed by atoms with Crippen molar-refractivity contribution in [1.82, 2.24) is 5.32 Å². The van der Waals surface area contributed by atoms with Gasteiger partial charge in [-0.15, -0.1) is 0 Å². The fourth-order valence-corrected chi connectivity index (χ4v) is 1.44. The molecule has 4 heteroatoms. The van der Waals surface area contributed by atoms with E-state index in [4.69, 9.17) is 21.1 Å². The molecule has 0 radical (unpaired) electrons. The predicted octanol–water partition coefficient (Wildman–Crippen LogP) is 2.26. The summed E-state index contributed by atoms with van der Waals surface area (Å²) in [4.78, 5) is 0. The first kappa shape index (κ1) is 13.3. The molecule has 0 heterocycles. The molecule has 0 aliphatic carbocycles. The monoisotopic (exact) mass is 243 g/mol. The van der Waals surface area contributed by atoms with E-state index in [0.29, 0.717) is 13.2 Å². The van der Waals surface area contributed by atoms with Crippen LogP contribution in [0.15, 0.2) is 18.2 Å². The third-order valence-corrected chi connectivity index (χ3v) is 2.78. The van der Waals surface area contributed by atoms with Crippen molar-refractivity contribution >= 4 is 11.6 Å². The minimum absolute atomic E-state index is 0.195. The fraction of sp³-hybridized carbons (Fsp3) is 0.500. The Bertz CT molecular complexity index is 331. The first-order chi connectivity index (χ1) is 7.67. The van der Waals surface area contributed by atoms with Gasteiger partial charge in [0, 0.05) is 12.1 Å². The van der Waals surface area contributed by atoms with Crippen LogP contribution < -0.4 is 10.1 Å². The molecule has 16 heavy (non-hydrogen) atoms. The second kappa shape index (κ2) is 6.74. The molecule has 1 atom stereocenters. The van der Waals surface area contributed by atoms with Gasteiger partial charge in [0.2, 0.25) is 0 Å². The van der Waals surface area contributed by atoms with Gasteiger partial charge in [0.15, 0.2) is 0 Å². The summed E-state index contributed by atoms with van der Waals surface area (Å²) in [6.45, 7) is 3.16. The third kappa shape index (κ3) is 4.00. The van der Waals surface area contributed by atoms with Crippen LogP contribution in [0.25, 0.3) is 0 Å². The lowest BCUT2D eigenvalue weighted by Crippen LogP contribution is -2.35. The maximum Gasteiger partial charge on any atom is 0.119 e. The molecule has 3 nitrogen and oxygen atoms in total. The lowest BCUT2D eigenvalue weighted by molar-refractivity contribution is 0.140. The van der Waals surface area contributed by atoms with Gasteiger partial charge in [0.1, 0.15) is 12.4 Å². The molecule has 1 unspecified atom stereocenters. The molecule has 0 saturated carbocycles. The molecule has 0 aliphatic rings. The summed E-state index contributed by atoms with van der Waals surface area (Å²) in [5.74, 6) is 0.832. The van der Waals surface area contributed by atoms with Crippen LogP contribution in [0.5, 0.6) is 5.75 Å². The van der Waals surface area contributed by atoms with Crippen LogP contribution in [0, 0.1) is 6.92 Å². The summed E-state index contributed by atoms with van der Waals surface area (Å²) >= 11 is 5.93. The smallest absolute Gasteiger partial charge is 0.119 e. The van der Waals surface area contributed by atoms with Crippen molar-refractivity contribution in [1.29, 1.82) is 0 Å². The molecule has 1 N–H and O–H groups in total. The minimum atomic E-state index is 0.195. The highest BCUT2D eigenvalue weighted by atomic mass is 35.5. The fourth-order valence-electron chi connectivity index (χ4n) is 1.32. The van der Waals surface area contributed by atoms with Crippen LogP contribution in [0.2, 0.25) is 5.02 Å². The Kier molecular flexibility index (Phi) is 5.60. The van der Waals surface area contributed by atoms with Gasteiger partial charge in [0.25, 0.3) is 0 Å². The van der Waals surface area contributed by atoms with Crippen molar-refractivity contribution in [2.45, 2.75) is 13.0 Å². The summed E-state index contributed by atoms with van der Waals surface area (Å²) < 4.78 is 10.7. The van der Waals surface area contributed by atoms with Crippen molar-refractivity contribution in [3.8, 4) is 5.75 Å². The predicted molar refractivity (Wildman–Crippen MR) is 66.4 cm³/mol. The van der Waals surface area contributed by atoms with Crippen molar-refractivity contribution in [3.63, 3.8) is 0 Å². The van der Waals surface area contributed by atoms with Crippen LogP contribution in [-0.4, -0.2) is 33.4 Å². The van der Waals surface area contributed by atoms with Crippen molar-refractivity contribution in [3.05, 3.63) is 28.8 Å². The Morgan fingerprint density at radius 1 is 1.38 bits per heavy atom. The molecule has 0 spiro atoms. The van der Waals surface area contributed by atoms with Crippen LogP contribution in [0.4, 0.5) is 0 Å². The van der Waals surface area contributed by atoms with E-state index in [1.54, 1.807) is 7.11 Å². The number of methoxy groups -OCH3 is 1. The average Bonchev–Trinajstić information content (AvgIpc) is 2.28. The maximum atomic E-state index is 5.93. The number of ether oxygens (including phenoxy) is 2. The number of rotatable bonds is 6. The van der Waals surface area contributed by atoms with Gasteiger partial charge in [-0.25, -0.2) is 0 Å². The zero-order valence-electron chi connectivity index (χ0n) is 9.92. The number of nitrogens with one attached hydrogen (secondary N) is 1. The molecular formula is C12H18ClNO2. The Morgan fingerprint density at radius 3 is 2.69 bits per heavy atom. The maximum absolute atomic E-state index is 5.93. The number of hydrogen-bond acceptors (Lipinski definition) is 3. The van der Waals surface area contributed by atoms with Crippen LogP contribution >= 0.6 is 11.6 Å². The van der Waals surface area contributed by atoms with Gasteiger partial charge in [-0.1, -0.05) is 11.6 Å². The first-order valence-corrected chi connectivity index (χ1v) is 5.60. The van der Waals surface area contributed by atoms with E-state index < -0.39 is 0 Å². The molecule has 0 bridgehead atoms. The van der Waals surface area contributed by atoms with Gasteiger partial charge >= 0.3 is 0 Å². The Hall–Kier alpha value is -0.770. The van der Waals surface area contributed by atoms with Crippen LogP contribution in [0.1, 0.15) is 5.56 Å². The molecule has 90 valence electrons. The minimum Gasteiger partial charge on any atom is -0.492 e. The lowest BCUT2D eigenvalue weighted by atomic mass is 10.2. The van der Waals surface area contributed by atoms with Crippen LogP contribution in [-0.2, 0) is 4.74 Å².